The molecule has 1 rings (SSSR count). The second-order valence-corrected chi connectivity index (χ2v) is 5.37. The lowest BCUT2D eigenvalue weighted by atomic mass is 10.2. The van der Waals surface area contributed by atoms with Crippen LogP contribution in [0, 0.1) is 11.6 Å². The Morgan fingerprint density at radius 2 is 2.00 bits per heavy atom. The van der Waals surface area contributed by atoms with E-state index < -0.39 is 38.0 Å². The molecule has 1 aromatic carbocycles. The summed E-state index contributed by atoms with van der Waals surface area (Å²) in [6.07, 6.45) is 0.574. The van der Waals surface area contributed by atoms with Gasteiger partial charge in [-0.15, -0.1) is 11.6 Å². The highest BCUT2D eigenvalue weighted by atomic mass is 35.5. The lowest BCUT2D eigenvalue weighted by Crippen LogP contribution is -2.25. The fourth-order valence-corrected chi connectivity index (χ4v) is 2.70. The molecule has 0 saturated heterocycles. The Morgan fingerprint density at radius 1 is 1.35 bits per heavy atom. The Kier molecular flexibility index (Phi) is 4.85. The van der Waals surface area contributed by atoms with Gasteiger partial charge in [0.25, 0.3) is 0 Å². The van der Waals surface area contributed by atoms with Crippen LogP contribution in [0.25, 0.3) is 0 Å². The van der Waals surface area contributed by atoms with E-state index in [0.717, 1.165) is 12.1 Å². The Morgan fingerprint density at radius 3 is 2.53 bits per heavy atom. The minimum Gasteiger partial charge on any atom is -0.211 e. The summed E-state index contributed by atoms with van der Waals surface area (Å²) < 4.78 is 52.4. The molecule has 0 aliphatic rings. The normalized spacial score (nSPS) is 11.8. The monoisotopic (exact) mass is 283 g/mol. The van der Waals surface area contributed by atoms with E-state index in [1.807, 2.05) is 0 Å². The molecule has 0 saturated carbocycles. The molecule has 1 N–H and O–H groups in total. The van der Waals surface area contributed by atoms with E-state index in [0.29, 0.717) is 6.42 Å². The van der Waals surface area contributed by atoms with Gasteiger partial charge in [-0.1, -0.05) is 6.92 Å². The van der Waals surface area contributed by atoms with E-state index in [9.17, 15) is 17.2 Å². The first-order valence-electron chi connectivity index (χ1n) is 4.96. The second kappa shape index (κ2) is 5.75. The lowest BCUT2D eigenvalue weighted by molar-refractivity contribution is 0.531. The Balaban J connectivity index is 3.24. The number of rotatable bonds is 5. The standard InChI is InChI=1S/C10H12ClF2NO2S/c1-2-5-14-17(15,16)9-4-3-8(12)7(6-11)10(9)13/h3-4,14H,2,5-6H2,1H3. The molecule has 0 bridgehead atoms. The highest BCUT2D eigenvalue weighted by Crippen LogP contribution is 2.22. The van der Waals surface area contributed by atoms with E-state index in [2.05, 4.69) is 4.72 Å². The quantitative estimate of drug-likeness (QED) is 0.844. The smallest absolute Gasteiger partial charge is 0.211 e. The SMILES string of the molecule is CCCNS(=O)(=O)c1ccc(F)c(CCl)c1F. The van der Waals surface area contributed by atoms with Gasteiger partial charge < -0.3 is 0 Å². The van der Waals surface area contributed by atoms with Crippen LogP contribution in [0.2, 0.25) is 0 Å². The molecule has 0 unspecified atom stereocenters. The first kappa shape index (κ1) is 14.3. The van der Waals surface area contributed by atoms with Crippen LogP contribution < -0.4 is 4.72 Å². The number of hydrogen-bond acceptors (Lipinski definition) is 2. The molecule has 0 aliphatic heterocycles. The maximum absolute atomic E-state index is 13.7. The molecule has 3 nitrogen and oxygen atoms in total. The molecule has 0 aromatic heterocycles. The molecule has 0 amide bonds. The van der Waals surface area contributed by atoms with Gasteiger partial charge >= 0.3 is 0 Å². The van der Waals surface area contributed by atoms with Crippen LogP contribution >= 0.6 is 11.6 Å². The summed E-state index contributed by atoms with van der Waals surface area (Å²) in [4.78, 5) is -0.581. The first-order valence-corrected chi connectivity index (χ1v) is 6.98. The Labute approximate surface area is 104 Å². The van der Waals surface area contributed by atoms with Crippen molar-refractivity contribution >= 4 is 21.6 Å². The molecule has 7 heteroatoms. The van der Waals surface area contributed by atoms with Gasteiger partial charge in [0, 0.05) is 12.1 Å². The number of hydrogen-bond donors (Lipinski definition) is 1. The summed E-state index contributed by atoms with van der Waals surface area (Å²) in [5.41, 5.74) is -0.439. The predicted octanol–water partition coefficient (Wildman–Crippen LogP) is 2.39. The van der Waals surface area contributed by atoms with Gasteiger partial charge in [0.2, 0.25) is 10.0 Å². The van der Waals surface area contributed by atoms with E-state index >= 15 is 0 Å². The summed E-state index contributed by atoms with van der Waals surface area (Å²) in [6, 6.07) is 1.78. The summed E-state index contributed by atoms with van der Waals surface area (Å²) in [6.45, 7) is 1.96. The van der Waals surface area contributed by atoms with Gasteiger partial charge in [-0.25, -0.2) is 21.9 Å². The molecule has 0 aliphatic carbocycles. The average molecular weight is 284 g/mol. The first-order chi connectivity index (χ1) is 7.94. The summed E-state index contributed by atoms with van der Waals surface area (Å²) in [5.74, 6) is -2.41. The van der Waals surface area contributed by atoms with Crippen molar-refractivity contribution in [3.05, 3.63) is 29.3 Å². The van der Waals surface area contributed by atoms with E-state index in [1.54, 1.807) is 6.92 Å². The van der Waals surface area contributed by atoms with Gasteiger partial charge in [0.1, 0.15) is 10.7 Å². The molecule has 96 valence electrons. The zero-order valence-corrected chi connectivity index (χ0v) is 10.7. The minimum absolute atomic E-state index is 0.190. The molecule has 0 spiro atoms. The number of sulfonamides is 1. The second-order valence-electron chi connectivity index (χ2n) is 3.37. The Hall–Kier alpha value is -0.720. The molecular weight excluding hydrogens is 272 g/mol. The number of nitrogens with one attached hydrogen (secondary N) is 1. The molecule has 0 fully saturated rings. The van der Waals surface area contributed by atoms with E-state index in [4.69, 9.17) is 11.6 Å². The maximum Gasteiger partial charge on any atom is 0.243 e. The minimum atomic E-state index is -3.95. The van der Waals surface area contributed by atoms with Gasteiger partial charge in [-0.3, -0.25) is 0 Å². The van der Waals surface area contributed by atoms with Crippen molar-refractivity contribution in [1.82, 2.24) is 4.72 Å². The largest absolute Gasteiger partial charge is 0.243 e. The molecule has 0 heterocycles. The molecular formula is C10H12ClF2NO2S. The van der Waals surface area contributed by atoms with Crippen LogP contribution in [-0.2, 0) is 15.9 Å². The van der Waals surface area contributed by atoms with Crippen molar-refractivity contribution < 1.29 is 17.2 Å². The third kappa shape index (κ3) is 3.14. The fourth-order valence-electron chi connectivity index (χ4n) is 1.22. The van der Waals surface area contributed by atoms with Crippen molar-refractivity contribution in [2.45, 2.75) is 24.1 Å². The predicted molar refractivity (Wildman–Crippen MR) is 61.4 cm³/mol. The van der Waals surface area contributed by atoms with Crippen LogP contribution in [0.4, 0.5) is 8.78 Å². The van der Waals surface area contributed by atoms with Crippen LogP contribution in [0.5, 0.6) is 0 Å². The third-order valence-electron chi connectivity index (χ3n) is 2.12. The van der Waals surface area contributed by atoms with Crippen LogP contribution in [-0.4, -0.2) is 15.0 Å². The van der Waals surface area contributed by atoms with Crippen LogP contribution in [0.1, 0.15) is 18.9 Å². The van der Waals surface area contributed by atoms with Gasteiger partial charge in [0.05, 0.1) is 5.88 Å². The zero-order valence-electron chi connectivity index (χ0n) is 9.13. The summed E-state index contributed by atoms with van der Waals surface area (Å²) in [5, 5.41) is 0. The topological polar surface area (TPSA) is 46.2 Å². The summed E-state index contributed by atoms with van der Waals surface area (Å²) >= 11 is 5.37. The number of alkyl halides is 1. The van der Waals surface area contributed by atoms with E-state index in [-0.39, 0.29) is 6.54 Å². The highest BCUT2D eigenvalue weighted by Gasteiger charge is 2.22. The van der Waals surface area contributed by atoms with Crippen molar-refractivity contribution in [2.24, 2.45) is 0 Å². The van der Waals surface area contributed by atoms with Crippen LogP contribution in [0.3, 0.4) is 0 Å². The zero-order chi connectivity index (χ0) is 13.1. The highest BCUT2D eigenvalue weighted by molar-refractivity contribution is 7.89. The van der Waals surface area contributed by atoms with Gasteiger partial charge in [-0.05, 0) is 18.6 Å². The van der Waals surface area contributed by atoms with Crippen molar-refractivity contribution in [3.8, 4) is 0 Å². The van der Waals surface area contributed by atoms with Crippen LogP contribution in [0.15, 0.2) is 17.0 Å². The molecule has 0 atom stereocenters. The number of halogens is 3. The fraction of sp³-hybridized carbons (Fsp3) is 0.400. The summed E-state index contributed by atoms with van der Waals surface area (Å²) in [7, 11) is -3.95. The molecule has 0 radical (unpaired) electrons. The van der Waals surface area contributed by atoms with E-state index in [1.165, 1.54) is 0 Å². The van der Waals surface area contributed by atoms with Gasteiger partial charge in [0.15, 0.2) is 5.82 Å². The lowest BCUT2D eigenvalue weighted by Gasteiger charge is -2.09. The average Bonchev–Trinajstić information content (AvgIpc) is 2.26. The van der Waals surface area contributed by atoms with Crippen molar-refractivity contribution in [2.75, 3.05) is 6.54 Å². The van der Waals surface area contributed by atoms with Crippen molar-refractivity contribution in [3.63, 3.8) is 0 Å². The van der Waals surface area contributed by atoms with Crippen molar-refractivity contribution in [1.29, 1.82) is 0 Å². The molecule has 1 aromatic rings. The number of benzene rings is 1. The molecule has 17 heavy (non-hydrogen) atoms. The van der Waals surface area contributed by atoms with Gasteiger partial charge in [-0.2, -0.15) is 0 Å². The maximum atomic E-state index is 13.7. The third-order valence-corrected chi connectivity index (χ3v) is 3.86. The Bertz CT molecular complexity index is 505.